The van der Waals surface area contributed by atoms with Gasteiger partial charge in [0.2, 0.25) is 0 Å². The molecule has 1 aromatic rings. The summed E-state index contributed by atoms with van der Waals surface area (Å²) in [7, 11) is 0. The quantitative estimate of drug-likeness (QED) is 0.847. The van der Waals surface area contributed by atoms with Gasteiger partial charge in [-0.3, -0.25) is 0 Å². The predicted molar refractivity (Wildman–Crippen MR) is 72.1 cm³/mol. The third-order valence-electron chi connectivity index (χ3n) is 2.51. The second kappa shape index (κ2) is 6.07. The zero-order chi connectivity index (χ0) is 12.1. The van der Waals surface area contributed by atoms with E-state index in [1.807, 2.05) is 6.07 Å². The van der Waals surface area contributed by atoms with E-state index in [1.54, 1.807) is 0 Å². The van der Waals surface area contributed by atoms with E-state index in [-0.39, 0.29) is 0 Å². The number of rotatable bonds is 5. The topological polar surface area (TPSA) is 30.5 Å². The standard InChI is InChI=1S/C13H16BrNO2/c1-10(14)9-15-5-4-11-2-3-12-13(8-11)17-7-6-16-12/h2-3,8,15H,1,4-7,9H2. The van der Waals surface area contributed by atoms with Crippen LogP contribution in [0.2, 0.25) is 0 Å². The van der Waals surface area contributed by atoms with Crippen LogP contribution in [0.15, 0.2) is 29.3 Å². The number of benzene rings is 1. The SMILES string of the molecule is C=C(Br)CNCCc1ccc2c(c1)OCCO2. The number of hydrogen-bond acceptors (Lipinski definition) is 3. The smallest absolute Gasteiger partial charge is 0.161 e. The van der Waals surface area contributed by atoms with Crippen molar-refractivity contribution in [1.82, 2.24) is 5.32 Å². The molecule has 0 amide bonds. The van der Waals surface area contributed by atoms with E-state index < -0.39 is 0 Å². The molecule has 0 saturated heterocycles. The van der Waals surface area contributed by atoms with Crippen LogP contribution in [-0.4, -0.2) is 26.3 Å². The number of ether oxygens (including phenoxy) is 2. The first-order valence-corrected chi connectivity index (χ1v) is 6.47. The second-order valence-electron chi connectivity index (χ2n) is 3.92. The Morgan fingerprint density at radius 1 is 1.29 bits per heavy atom. The van der Waals surface area contributed by atoms with Crippen molar-refractivity contribution in [3.05, 3.63) is 34.8 Å². The fourth-order valence-electron chi connectivity index (χ4n) is 1.70. The molecule has 4 heteroatoms. The van der Waals surface area contributed by atoms with Crippen LogP contribution in [0, 0.1) is 0 Å². The van der Waals surface area contributed by atoms with Gasteiger partial charge in [-0.2, -0.15) is 0 Å². The van der Waals surface area contributed by atoms with Crippen LogP contribution in [0.5, 0.6) is 11.5 Å². The third-order valence-corrected chi connectivity index (χ3v) is 2.79. The van der Waals surface area contributed by atoms with E-state index in [9.17, 15) is 0 Å². The maximum Gasteiger partial charge on any atom is 0.161 e. The lowest BCUT2D eigenvalue weighted by Gasteiger charge is -2.18. The fourth-order valence-corrected chi connectivity index (χ4v) is 1.90. The van der Waals surface area contributed by atoms with Crippen molar-refractivity contribution in [1.29, 1.82) is 0 Å². The summed E-state index contributed by atoms with van der Waals surface area (Å²) in [6, 6.07) is 6.12. The lowest BCUT2D eigenvalue weighted by molar-refractivity contribution is 0.171. The van der Waals surface area contributed by atoms with E-state index in [4.69, 9.17) is 9.47 Å². The minimum absolute atomic E-state index is 0.637. The van der Waals surface area contributed by atoms with Crippen LogP contribution in [0.25, 0.3) is 0 Å². The Morgan fingerprint density at radius 3 is 2.82 bits per heavy atom. The van der Waals surface area contributed by atoms with E-state index in [0.717, 1.165) is 35.5 Å². The number of nitrogens with one attached hydrogen (secondary N) is 1. The first-order chi connectivity index (χ1) is 8.25. The molecule has 0 fully saturated rings. The van der Waals surface area contributed by atoms with Crippen LogP contribution in [0.4, 0.5) is 0 Å². The van der Waals surface area contributed by atoms with Crippen LogP contribution >= 0.6 is 15.9 Å². The lowest BCUT2D eigenvalue weighted by Crippen LogP contribution is -2.19. The van der Waals surface area contributed by atoms with Gasteiger partial charge in [0.1, 0.15) is 13.2 Å². The third kappa shape index (κ3) is 3.75. The highest BCUT2D eigenvalue weighted by Crippen LogP contribution is 2.30. The van der Waals surface area contributed by atoms with Crippen molar-refractivity contribution in [2.75, 3.05) is 26.3 Å². The molecular formula is C13H16BrNO2. The average Bonchev–Trinajstić information content (AvgIpc) is 2.34. The fraction of sp³-hybridized carbons (Fsp3) is 0.385. The molecule has 1 aromatic carbocycles. The molecule has 0 spiro atoms. The zero-order valence-corrected chi connectivity index (χ0v) is 11.3. The first-order valence-electron chi connectivity index (χ1n) is 5.68. The summed E-state index contributed by atoms with van der Waals surface area (Å²) >= 11 is 3.32. The molecule has 1 N–H and O–H groups in total. The molecule has 0 radical (unpaired) electrons. The molecule has 1 aliphatic heterocycles. The van der Waals surface area contributed by atoms with Gasteiger partial charge in [0.15, 0.2) is 11.5 Å². The molecule has 3 nitrogen and oxygen atoms in total. The van der Waals surface area contributed by atoms with Crippen LogP contribution < -0.4 is 14.8 Å². The Kier molecular flexibility index (Phi) is 4.45. The maximum absolute atomic E-state index is 5.54. The van der Waals surface area contributed by atoms with E-state index >= 15 is 0 Å². The summed E-state index contributed by atoms with van der Waals surface area (Å²) in [4.78, 5) is 0. The zero-order valence-electron chi connectivity index (χ0n) is 9.67. The average molecular weight is 298 g/mol. The molecule has 0 unspecified atom stereocenters. The minimum Gasteiger partial charge on any atom is -0.486 e. The summed E-state index contributed by atoms with van der Waals surface area (Å²) < 4.78 is 12.0. The molecule has 0 saturated carbocycles. The molecule has 0 aliphatic carbocycles. The van der Waals surface area contributed by atoms with Crippen molar-refractivity contribution >= 4 is 15.9 Å². The van der Waals surface area contributed by atoms with E-state index in [1.165, 1.54) is 5.56 Å². The van der Waals surface area contributed by atoms with E-state index in [0.29, 0.717) is 13.2 Å². The van der Waals surface area contributed by atoms with Gasteiger partial charge in [-0.1, -0.05) is 28.6 Å². The van der Waals surface area contributed by atoms with Gasteiger partial charge in [-0.25, -0.2) is 0 Å². The molecule has 0 atom stereocenters. The van der Waals surface area contributed by atoms with Gasteiger partial charge in [-0.15, -0.1) is 0 Å². The molecule has 17 heavy (non-hydrogen) atoms. The predicted octanol–water partition coefficient (Wildman–Crippen LogP) is 2.50. The number of halogens is 1. The molecule has 0 aromatic heterocycles. The molecular weight excluding hydrogens is 282 g/mol. The highest BCUT2D eigenvalue weighted by Gasteiger charge is 2.11. The van der Waals surface area contributed by atoms with E-state index in [2.05, 4.69) is 40.0 Å². The van der Waals surface area contributed by atoms with Crippen molar-refractivity contribution in [2.45, 2.75) is 6.42 Å². The van der Waals surface area contributed by atoms with Crippen LogP contribution in [-0.2, 0) is 6.42 Å². The normalized spacial score (nSPS) is 13.5. The summed E-state index contributed by atoms with van der Waals surface area (Å²) in [5.41, 5.74) is 1.25. The Balaban J connectivity index is 1.86. The minimum atomic E-state index is 0.637. The highest BCUT2D eigenvalue weighted by atomic mass is 79.9. The van der Waals surface area contributed by atoms with Crippen molar-refractivity contribution in [2.24, 2.45) is 0 Å². The second-order valence-corrected chi connectivity index (χ2v) is 5.04. The van der Waals surface area contributed by atoms with Gasteiger partial charge < -0.3 is 14.8 Å². The van der Waals surface area contributed by atoms with Crippen molar-refractivity contribution < 1.29 is 9.47 Å². The largest absolute Gasteiger partial charge is 0.486 e. The summed E-state index contributed by atoms with van der Waals surface area (Å²) in [5, 5.41) is 3.29. The molecule has 1 heterocycles. The van der Waals surface area contributed by atoms with Crippen LogP contribution in [0.3, 0.4) is 0 Å². The molecule has 92 valence electrons. The molecule has 1 aliphatic rings. The van der Waals surface area contributed by atoms with Gasteiger partial charge in [0.25, 0.3) is 0 Å². The summed E-state index contributed by atoms with van der Waals surface area (Å²) in [5.74, 6) is 1.71. The molecule has 2 rings (SSSR count). The highest BCUT2D eigenvalue weighted by molar-refractivity contribution is 9.11. The van der Waals surface area contributed by atoms with Gasteiger partial charge in [-0.05, 0) is 30.7 Å². The maximum atomic E-state index is 5.54. The van der Waals surface area contributed by atoms with Crippen LogP contribution in [0.1, 0.15) is 5.56 Å². The molecule has 0 bridgehead atoms. The number of hydrogen-bond donors (Lipinski definition) is 1. The van der Waals surface area contributed by atoms with Gasteiger partial charge >= 0.3 is 0 Å². The Morgan fingerprint density at radius 2 is 2.06 bits per heavy atom. The van der Waals surface area contributed by atoms with Gasteiger partial charge in [0.05, 0.1) is 0 Å². The van der Waals surface area contributed by atoms with Gasteiger partial charge in [0, 0.05) is 11.0 Å². The first kappa shape index (κ1) is 12.5. The Bertz CT molecular complexity index is 406. The Hall–Kier alpha value is -1.00. The summed E-state index contributed by atoms with van der Waals surface area (Å²) in [6.45, 7) is 6.77. The summed E-state index contributed by atoms with van der Waals surface area (Å²) in [6.07, 6.45) is 0.969. The van der Waals surface area contributed by atoms with Crippen molar-refractivity contribution in [3.63, 3.8) is 0 Å². The number of fused-ring (bicyclic) bond motifs is 1. The lowest BCUT2D eigenvalue weighted by atomic mass is 10.1. The Labute approximate surface area is 110 Å². The van der Waals surface area contributed by atoms with Crippen molar-refractivity contribution in [3.8, 4) is 11.5 Å². The monoisotopic (exact) mass is 297 g/mol.